The van der Waals surface area contributed by atoms with Crippen LogP contribution in [0, 0.1) is 0 Å². The summed E-state index contributed by atoms with van der Waals surface area (Å²) >= 11 is 0. The van der Waals surface area contributed by atoms with E-state index in [0.717, 1.165) is 6.54 Å². The van der Waals surface area contributed by atoms with E-state index in [0.29, 0.717) is 6.04 Å². The van der Waals surface area contributed by atoms with Crippen molar-refractivity contribution in [2.24, 2.45) is 0 Å². The third-order valence-corrected chi connectivity index (χ3v) is 3.89. The lowest BCUT2D eigenvalue weighted by atomic mass is 9.96. The van der Waals surface area contributed by atoms with Gasteiger partial charge in [0.15, 0.2) is 0 Å². The zero-order chi connectivity index (χ0) is 12.1. The van der Waals surface area contributed by atoms with Crippen molar-refractivity contribution in [1.82, 2.24) is 4.90 Å². The minimum atomic E-state index is 0.243. The van der Waals surface area contributed by atoms with Gasteiger partial charge in [0, 0.05) is 18.5 Å². The van der Waals surface area contributed by atoms with Gasteiger partial charge in [0.1, 0.15) is 0 Å². The molecule has 2 rings (SSSR count). The van der Waals surface area contributed by atoms with Crippen molar-refractivity contribution < 1.29 is 5.11 Å². The van der Waals surface area contributed by atoms with Crippen molar-refractivity contribution in [2.45, 2.75) is 38.1 Å². The van der Waals surface area contributed by atoms with Gasteiger partial charge in [-0.2, -0.15) is 0 Å². The maximum atomic E-state index is 9.57. The summed E-state index contributed by atoms with van der Waals surface area (Å²) in [4.78, 5) is 2.53. The second-order valence-corrected chi connectivity index (χ2v) is 5.13. The van der Waals surface area contributed by atoms with Crippen LogP contribution in [-0.4, -0.2) is 35.7 Å². The summed E-state index contributed by atoms with van der Waals surface area (Å²) in [5.41, 5.74) is 1.26. The first-order valence-corrected chi connectivity index (χ1v) is 6.71. The van der Waals surface area contributed by atoms with Crippen molar-refractivity contribution in [3.63, 3.8) is 0 Å². The zero-order valence-electron chi connectivity index (χ0n) is 10.7. The molecule has 2 heteroatoms. The lowest BCUT2D eigenvalue weighted by Gasteiger charge is -2.35. The van der Waals surface area contributed by atoms with Crippen molar-refractivity contribution in [1.29, 1.82) is 0 Å². The number of benzene rings is 1. The topological polar surface area (TPSA) is 23.5 Å². The van der Waals surface area contributed by atoms with E-state index in [4.69, 9.17) is 0 Å². The van der Waals surface area contributed by atoms with Crippen LogP contribution < -0.4 is 0 Å². The Bertz CT molecular complexity index is 325. The Morgan fingerprint density at radius 2 is 2.06 bits per heavy atom. The van der Waals surface area contributed by atoms with Gasteiger partial charge in [-0.25, -0.2) is 0 Å². The highest BCUT2D eigenvalue weighted by atomic mass is 16.3. The third kappa shape index (κ3) is 3.30. The predicted molar refractivity (Wildman–Crippen MR) is 71.2 cm³/mol. The van der Waals surface area contributed by atoms with E-state index < -0.39 is 0 Å². The Labute approximate surface area is 104 Å². The van der Waals surface area contributed by atoms with Crippen LogP contribution >= 0.6 is 0 Å². The Morgan fingerprint density at radius 1 is 1.29 bits per heavy atom. The molecule has 0 aliphatic carbocycles. The average Bonchev–Trinajstić information content (AvgIpc) is 2.39. The molecule has 0 radical (unpaired) electrons. The van der Waals surface area contributed by atoms with Gasteiger partial charge in [0.2, 0.25) is 0 Å². The normalized spacial score (nSPS) is 23.5. The standard InChI is InChI=1S/C15H23NO/c1-13-7-5-6-10-16(13)11-15(12-17)14-8-3-2-4-9-14/h2-4,8-9,13,15,17H,5-7,10-12H2,1H3/t13-,15-/m0/s1. The molecule has 17 heavy (non-hydrogen) atoms. The zero-order valence-corrected chi connectivity index (χ0v) is 10.7. The Kier molecular flexibility index (Phi) is 4.57. The van der Waals surface area contributed by atoms with Gasteiger partial charge >= 0.3 is 0 Å². The van der Waals surface area contributed by atoms with Crippen LogP contribution in [0.15, 0.2) is 30.3 Å². The van der Waals surface area contributed by atoms with Gasteiger partial charge in [-0.3, -0.25) is 4.90 Å². The molecule has 1 heterocycles. The van der Waals surface area contributed by atoms with E-state index in [-0.39, 0.29) is 12.5 Å². The lowest BCUT2D eigenvalue weighted by Crippen LogP contribution is -2.40. The second-order valence-electron chi connectivity index (χ2n) is 5.13. The molecule has 0 amide bonds. The summed E-state index contributed by atoms with van der Waals surface area (Å²) in [6.45, 7) is 4.72. The van der Waals surface area contributed by atoms with E-state index in [1.54, 1.807) is 0 Å². The molecule has 1 aliphatic rings. The summed E-state index contributed by atoms with van der Waals surface area (Å²) in [5, 5.41) is 9.57. The average molecular weight is 233 g/mol. The van der Waals surface area contributed by atoms with E-state index in [1.807, 2.05) is 6.07 Å². The first kappa shape index (κ1) is 12.6. The molecule has 1 fully saturated rings. The molecule has 1 aliphatic heterocycles. The first-order valence-electron chi connectivity index (χ1n) is 6.71. The first-order chi connectivity index (χ1) is 8.31. The van der Waals surface area contributed by atoms with E-state index in [1.165, 1.54) is 31.4 Å². The van der Waals surface area contributed by atoms with Gasteiger partial charge in [-0.1, -0.05) is 36.8 Å². The van der Waals surface area contributed by atoms with Gasteiger partial charge in [-0.15, -0.1) is 0 Å². The van der Waals surface area contributed by atoms with E-state index >= 15 is 0 Å². The molecule has 2 atom stereocenters. The van der Waals surface area contributed by atoms with Gasteiger partial charge in [-0.05, 0) is 31.9 Å². The largest absolute Gasteiger partial charge is 0.396 e. The maximum Gasteiger partial charge on any atom is 0.0512 e. The van der Waals surface area contributed by atoms with E-state index in [9.17, 15) is 5.11 Å². The summed E-state index contributed by atoms with van der Waals surface area (Å²) in [6.07, 6.45) is 3.96. The number of rotatable bonds is 4. The van der Waals surface area contributed by atoms with Crippen LogP contribution in [0.2, 0.25) is 0 Å². The van der Waals surface area contributed by atoms with Crippen LogP contribution in [-0.2, 0) is 0 Å². The quantitative estimate of drug-likeness (QED) is 0.864. The van der Waals surface area contributed by atoms with Gasteiger partial charge in [0.05, 0.1) is 6.61 Å². The molecular weight excluding hydrogens is 210 g/mol. The maximum absolute atomic E-state index is 9.57. The minimum absolute atomic E-state index is 0.243. The molecule has 94 valence electrons. The number of likely N-dealkylation sites (tertiary alicyclic amines) is 1. The molecule has 0 bridgehead atoms. The number of aliphatic hydroxyl groups excluding tert-OH is 1. The molecular formula is C15H23NO. The van der Waals surface area contributed by atoms with Crippen molar-refractivity contribution in [3.05, 3.63) is 35.9 Å². The highest BCUT2D eigenvalue weighted by Gasteiger charge is 2.22. The molecule has 1 aromatic carbocycles. The summed E-state index contributed by atoms with van der Waals surface area (Å²) in [5.74, 6) is 0.261. The predicted octanol–water partition coefficient (Wildman–Crippen LogP) is 2.64. The SMILES string of the molecule is C[C@H]1CCCCN1C[C@@H](CO)c1ccccc1. The molecule has 0 unspecified atom stereocenters. The Hall–Kier alpha value is -0.860. The summed E-state index contributed by atoms with van der Waals surface area (Å²) < 4.78 is 0. The molecule has 1 N–H and O–H groups in total. The van der Waals surface area contributed by atoms with Crippen molar-refractivity contribution in [3.8, 4) is 0 Å². The molecule has 2 nitrogen and oxygen atoms in total. The Balaban J connectivity index is 1.99. The molecule has 1 saturated heterocycles. The smallest absolute Gasteiger partial charge is 0.0512 e. The number of piperidine rings is 1. The second kappa shape index (κ2) is 6.18. The van der Waals surface area contributed by atoms with Crippen molar-refractivity contribution >= 4 is 0 Å². The lowest BCUT2D eigenvalue weighted by molar-refractivity contribution is 0.132. The molecule has 0 aromatic heterocycles. The fourth-order valence-corrected chi connectivity index (χ4v) is 2.71. The van der Waals surface area contributed by atoms with Crippen molar-refractivity contribution in [2.75, 3.05) is 19.7 Å². The minimum Gasteiger partial charge on any atom is -0.396 e. The van der Waals surface area contributed by atoms with Crippen LogP contribution in [0.3, 0.4) is 0 Å². The number of hydrogen-bond acceptors (Lipinski definition) is 2. The summed E-state index contributed by atoms with van der Waals surface area (Å²) in [6, 6.07) is 11.0. The van der Waals surface area contributed by atoms with Gasteiger partial charge in [0.25, 0.3) is 0 Å². The summed E-state index contributed by atoms with van der Waals surface area (Å²) in [7, 11) is 0. The number of hydrogen-bond donors (Lipinski definition) is 1. The highest BCUT2D eigenvalue weighted by molar-refractivity contribution is 5.20. The fraction of sp³-hybridized carbons (Fsp3) is 0.600. The highest BCUT2D eigenvalue weighted by Crippen LogP contribution is 2.22. The molecule has 1 aromatic rings. The monoisotopic (exact) mass is 233 g/mol. The number of aliphatic hydroxyl groups is 1. The molecule has 0 saturated carbocycles. The fourth-order valence-electron chi connectivity index (χ4n) is 2.71. The molecule has 0 spiro atoms. The number of nitrogens with zero attached hydrogens (tertiary/aromatic N) is 1. The van der Waals surface area contributed by atoms with E-state index in [2.05, 4.69) is 36.1 Å². The van der Waals surface area contributed by atoms with Crippen LogP contribution in [0.4, 0.5) is 0 Å². The van der Waals surface area contributed by atoms with Crippen LogP contribution in [0.25, 0.3) is 0 Å². The van der Waals surface area contributed by atoms with Crippen LogP contribution in [0.5, 0.6) is 0 Å². The Morgan fingerprint density at radius 3 is 2.71 bits per heavy atom. The van der Waals surface area contributed by atoms with Crippen LogP contribution in [0.1, 0.15) is 37.7 Å². The van der Waals surface area contributed by atoms with Gasteiger partial charge < -0.3 is 5.11 Å². The third-order valence-electron chi connectivity index (χ3n) is 3.89.